The summed E-state index contributed by atoms with van der Waals surface area (Å²) in [6, 6.07) is 10.2. The van der Waals surface area contributed by atoms with Crippen LogP contribution in [0.4, 0.5) is 0 Å². The maximum Gasteiger partial charge on any atom is 0.267 e. The van der Waals surface area contributed by atoms with Crippen molar-refractivity contribution >= 4 is 17.7 Å². The van der Waals surface area contributed by atoms with Crippen molar-refractivity contribution in [2.24, 2.45) is 0 Å². The molecule has 0 N–H and O–H groups in total. The molecule has 21 heavy (non-hydrogen) atoms. The monoisotopic (exact) mass is 301 g/mol. The summed E-state index contributed by atoms with van der Waals surface area (Å²) >= 11 is 0. The van der Waals surface area contributed by atoms with Crippen molar-refractivity contribution in [3.8, 4) is 0 Å². The van der Waals surface area contributed by atoms with E-state index in [-0.39, 0.29) is 22.3 Å². The van der Waals surface area contributed by atoms with Crippen molar-refractivity contribution in [1.29, 1.82) is 0 Å². The zero-order valence-electron chi connectivity index (χ0n) is 11.8. The molecule has 4 rings (SSSR count). The Labute approximate surface area is 124 Å². The first kappa shape index (κ1) is 13.1. The smallest absolute Gasteiger partial charge is 0.242 e. The highest BCUT2D eigenvalue weighted by molar-refractivity contribution is 7.92. The Kier molecular flexibility index (Phi) is 2.76. The minimum absolute atomic E-state index is 0.0208. The number of benzene rings is 1. The maximum absolute atomic E-state index is 12.3. The fourth-order valence-electron chi connectivity index (χ4n) is 3.02. The summed E-state index contributed by atoms with van der Waals surface area (Å²) in [7, 11) is -1.24. The predicted octanol–water partition coefficient (Wildman–Crippen LogP) is 0.881. The zero-order chi connectivity index (χ0) is 14.6. The van der Waals surface area contributed by atoms with Gasteiger partial charge in [-0.05, 0) is 30.6 Å². The highest BCUT2D eigenvalue weighted by Gasteiger charge is 2.42. The summed E-state index contributed by atoms with van der Waals surface area (Å²) < 4.78 is 26.4. The van der Waals surface area contributed by atoms with Gasteiger partial charge in [0.2, 0.25) is 9.84 Å². The first-order chi connectivity index (χ1) is 10.1. The van der Waals surface area contributed by atoms with E-state index in [1.165, 1.54) is 0 Å². The van der Waals surface area contributed by atoms with Gasteiger partial charge in [0.05, 0.1) is 11.3 Å². The Bertz CT molecular complexity index is 784. The van der Waals surface area contributed by atoms with Crippen LogP contribution in [-0.4, -0.2) is 36.3 Å². The minimum atomic E-state index is -3.32. The van der Waals surface area contributed by atoms with Gasteiger partial charge < -0.3 is 0 Å². The van der Waals surface area contributed by atoms with Crippen LogP contribution in [-0.2, 0) is 9.84 Å². The molecule has 1 aliphatic carbocycles. The van der Waals surface area contributed by atoms with Crippen LogP contribution < -0.4 is 0 Å². The van der Waals surface area contributed by atoms with Crippen molar-refractivity contribution < 1.29 is 8.42 Å². The Morgan fingerprint density at radius 3 is 2.57 bits per heavy atom. The Balaban J connectivity index is 1.78. The molecule has 5 nitrogen and oxygen atoms in total. The summed E-state index contributed by atoms with van der Waals surface area (Å²) in [4.78, 5) is 4.34. The predicted molar refractivity (Wildman–Crippen MR) is 80.7 cm³/mol. The highest BCUT2D eigenvalue weighted by Crippen LogP contribution is 2.39. The summed E-state index contributed by atoms with van der Waals surface area (Å²) in [5, 5.41) is 4.11. The van der Waals surface area contributed by atoms with E-state index >= 15 is 0 Å². The second-order valence-corrected chi connectivity index (χ2v) is 8.13. The van der Waals surface area contributed by atoms with Gasteiger partial charge in [-0.3, -0.25) is 0 Å². The number of rotatable bonds is 3. The molecule has 2 atom stereocenters. The number of nitrogens with zero attached hydrogens (tertiary/aromatic N) is 3. The van der Waals surface area contributed by atoms with E-state index in [9.17, 15) is 8.42 Å². The van der Waals surface area contributed by atoms with E-state index in [0.29, 0.717) is 0 Å². The molecule has 0 spiro atoms. The van der Waals surface area contributed by atoms with Gasteiger partial charge in [0.15, 0.2) is 0 Å². The molecule has 2 aliphatic rings. The van der Waals surface area contributed by atoms with Gasteiger partial charge >= 0.3 is 0 Å². The van der Waals surface area contributed by atoms with Gasteiger partial charge in [0, 0.05) is 0 Å². The quantitative estimate of drug-likeness (QED) is 0.790. The summed E-state index contributed by atoms with van der Waals surface area (Å²) in [5.41, 5.74) is 1.16. The Morgan fingerprint density at radius 1 is 1.19 bits per heavy atom. The molecule has 7 heteroatoms. The standard InChI is InChI=1S/C14H16BN3O2S/c15-11-8-12(9-4-2-1-3-5-9)18-13(11)16-14(17-18)21(19,20)10-6-7-10/h1-5,10-12H,6-8,15H2/t11-,12-/m0/s1. The summed E-state index contributed by atoms with van der Waals surface area (Å²) in [6.07, 6.45) is 2.40. The van der Waals surface area contributed by atoms with Crippen molar-refractivity contribution in [2.75, 3.05) is 0 Å². The van der Waals surface area contributed by atoms with Crippen LogP contribution in [0, 0.1) is 0 Å². The molecule has 0 saturated heterocycles. The average molecular weight is 301 g/mol. The number of hydrogen-bond donors (Lipinski definition) is 0. The molecule has 1 fully saturated rings. The lowest BCUT2D eigenvalue weighted by Crippen LogP contribution is -2.12. The molecule has 0 amide bonds. The number of hydrogen-bond acceptors (Lipinski definition) is 4. The van der Waals surface area contributed by atoms with Gasteiger partial charge in [-0.25, -0.2) is 18.1 Å². The molecule has 2 aromatic rings. The molecule has 108 valence electrons. The Morgan fingerprint density at radius 2 is 1.90 bits per heavy atom. The molecule has 0 radical (unpaired) electrons. The fourth-order valence-corrected chi connectivity index (χ4v) is 4.50. The normalized spacial score (nSPS) is 25.0. The van der Waals surface area contributed by atoms with Crippen LogP contribution in [0.1, 0.15) is 42.5 Å². The molecule has 2 heterocycles. The summed E-state index contributed by atoms with van der Waals surface area (Å²) in [5.74, 6) is 1.02. The minimum Gasteiger partial charge on any atom is -0.242 e. The fraction of sp³-hybridized carbons (Fsp3) is 0.429. The van der Waals surface area contributed by atoms with Crippen LogP contribution >= 0.6 is 0 Å². The van der Waals surface area contributed by atoms with Crippen molar-refractivity contribution in [3.05, 3.63) is 41.7 Å². The Hall–Kier alpha value is -1.63. The molecular formula is C14H16BN3O2S. The molecular weight excluding hydrogens is 285 g/mol. The third-order valence-corrected chi connectivity index (χ3v) is 6.38. The van der Waals surface area contributed by atoms with Gasteiger partial charge in [0.25, 0.3) is 5.16 Å². The third kappa shape index (κ3) is 2.02. The molecule has 0 unspecified atom stereocenters. The second kappa shape index (κ2) is 4.43. The van der Waals surface area contributed by atoms with Crippen LogP contribution in [0.2, 0.25) is 0 Å². The van der Waals surface area contributed by atoms with Gasteiger partial charge in [-0.15, -0.1) is 5.10 Å². The van der Waals surface area contributed by atoms with E-state index in [2.05, 4.69) is 30.1 Å². The number of fused-ring (bicyclic) bond motifs is 1. The van der Waals surface area contributed by atoms with Gasteiger partial charge in [-0.2, -0.15) is 0 Å². The average Bonchev–Trinajstić information content (AvgIpc) is 3.17. The van der Waals surface area contributed by atoms with Gasteiger partial charge in [-0.1, -0.05) is 30.3 Å². The largest absolute Gasteiger partial charge is 0.267 e. The lowest BCUT2D eigenvalue weighted by molar-refractivity contribution is 0.531. The molecule has 1 aliphatic heterocycles. The van der Waals surface area contributed by atoms with Crippen LogP contribution in [0.15, 0.2) is 35.5 Å². The first-order valence-electron chi connectivity index (χ1n) is 7.32. The molecule has 1 aromatic heterocycles. The van der Waals surface area contributed by atoms with Crippen molar-refractivity contribution in [3.63, 3.8) is 0 Å². The number of aromatic nitrogens is 3. The molecule has 1 aromatic carbocycles. The van der Waals surface area contributed by atoms with Crippen LogP contribution in [0.3, 0.4) is 0 Å². The lowest BCUT2D eigenvalue weighted by atomic mass is 9.83. The maximum atomic E-state index is 12.3. The number of sulfone groups is 1. The first-order valence-corrected chi connectivity index (χ1v) is 8.87. The summed E-state index contributed by atoms with van der Waals surface area (Å²) in [6.45, 7) is 0. The van der Waals surface area contributed by atoms with Gasteiger partial charge in [0.1, 0.15) is 13.7 Å². The van der Waals surface area contributed by atoms with E-state index < -0.39 is 9.84 Å². The second-order valence-electron chi connectivity index (χ2n) is 6.00. The highest BCUT2D eigenvalue weighted by atomic mass is 32.2. The third-order valence-electron chi connectivity index (χ3n) is 4.35. The molecule has 1 saturated carbocycles. The van der Waals surface area contributed by atoms with Crippen molar-refractivity contribution in [1.82, 2.24) is 14.8 Å². The van der Waals surface area contributed by atoms with E-state index in [1.807, 2.05) is 22.9 Å². The van der Waals surface area contributed by atoms with Crippen molar-refractivity contribution in [2.45, 2.75) is 41.5 Å². The van der Waals surface area contributed by atoms with E-state index in [0.717, 1.165) is 30.7 Å². The topological polar surface area (TPSA) is 64.8 Å². The van der Waals surface area contributed by atoms with E-state index in [1.54, 1.807) is 0 Å². The molecule has 0 bridgehead atoms. The van der Waals surface area contributed by atoms with Crippen LogP contribution in [0.5, 0.6) is 0 Å². The zero-order valence-corrected chi connectivity index (χ0v) is 12.6. The van der Waals surface area contributed by atoms with E-state index in [4.69, 9.17) is 0 Å². The SMILES string of the molecule is B[C@H]1C[C@@H](c2ccccc2)n2nc(S(=O)(=O)C3CC3)nc21. The van der Waals surface area contributed by atoms with Crippen LogP contribution in [0.25, 0.3) is 0 Å². The lowest BCUT2D eigenvalue weighted by Gasteiger charge is -2.11.